The van der Waals surface area contributed by atoms with E-state index in [1.165, 1.54) is 5.56 Å². The highest BCUT2D eigenvalue weighted by atomic mass is 16.5. The van der Waals surface area contributed by atoms with Crippen molar-refractivity contribution in [3.63, 3.8) is 0 Å². The summed E-state index contributed by atoms with van der Waals surface area (Å²) >= 11 is 0. The normalized spacial score (nSPS) is 14.5. The van der Waals surface area contributed by atoms with Crippen molar-refractivity contribution in [3.05, 3.63) is 72.2 Å². The molecule has 1 N–H and O–H groups in total. The summed E-state index contributed by atoms with van der Waals surface area (Å²) in [6.45, 7) is 4.87. The van der Waals surface area contributed by atoms with E-state index in [9.17, 15) is 0 Å². The van der Waals surface area contributed by atoms with Crippen molar-refractivity contribution in [1.82, 2.24) is 20.1 Å². The van der Waals surface area contributed by atoms with Gasteiger partial charge in [0.15, 0.2) is 0 Å². The Hall–Kier alpha value is -2.70. The van der Waals surface area contributed by atoms with Crippen molar-refractivity contribution in [1.29, 1.82) is 0 Å². The summed E-state index contributed by atoms with van der Waals surface area (Å²) in [6.07, 6.45) is 5.83. The van der Waals surface area contributed by atoms with Gasteiger partial charge in [0, 0.05) is 49.7 Å². The van der Waals surface area contributed by atoms with Crippen LogP contribution in [0.3, 0.4) is 0 Å². The van der Waals surface area contributed by atoms with E-state index < -0.39 is 0 Å². The molecule has 1 aliphatic rings. The molecule has 0 spiro atoms. The van der Waals surface area contributed by atoms with Crippen LogP contribution in [0, 0.1) is 0 Å². The quantitative estimate of drug-likeness (QED) is 0.741. The Balaban J connectivity index is 1.37. The van der Waals surface area contributed by atoms with Crippen LogP contribution in [0.15, 0.2) is 61.1 Å². The minimum absolute atomic E-state index is 0.766. The van der Waals surface area contributed by atoms with Crippen LogP contribution in [0.1, 0.15) is 11.1 Å². The second-order valence-corrected chi connectivity index (χ2v) is 6.32. The third-order valence-electron chi connectivity index (χ3n) is 4.48. The minimum atomic E-state index is 0.766. The summed E-state index contributed by atoms with van der Waals surface area (Å²) < 4.78 is 7.35. The predicted octanol–water partition coefficient (Wildman–Crippen LogP) is 2.39. The monoisotopic (exact) mass is 349 g/mol. The molecule has 2 aromatic heterocycles. The summed E-state index contributed by atoms with van der Waals surface area (Å²) in [5.41, 5.74) is 3.44. The van der Waals surface area contributed by atoms with E-state index in [2.05, 4.69) is 44.7 Å². The molecule has 0 amide bonds. The van der Waals surface area contributed by atoms with E-state index in [0.29, 0.717) is 0 Å². The average Bonchev–Trinajstić information content (AvgIpc) is 3.19. The number of rotatable bonds is 6. The SMILES string of the molecule is c1ccc(-n2cc(CNCc3cccnc3N3CCOCC3)cn2)cc1. The van der Waals surface area contributed by atoms with Gasteiger partial charge in [-0.3, -0.25) is 0 Å². The summed E-state index contributed by atoms with van der Waals surface area (Å²) in [4.78, 5) is 6.89. The van der Waals surface area contributed by atoms with E-state index in [-0.39, 0.29) is 0 Å². The first-order chi connectivity index (χ1) is 12.9. The first-order valence-electron chi connectivity index (χ1n) is 8.96. The fraction of sp³-hybridized carbons (Fsp3) is 0.300. The molecule has 0 bridgehead atoms. The van der Waals surface area contributed by atoms with E-state index >= 15 is 0 Å². The lowest BCUT2D eigenvalue weighted by atomic mass is 10.2. The second kappa shape index (κ2) is 8.12. The minimum Gasteiger partial charge on any atom is -0.378 e. The Labute approximate surface area is 153 Å². The van der Waals surface area contributed by atoms with Crippen molar-refractivity contribution < 1.29 is 4.74 Å². The van der Waals surface area contributed by atoms with Gasteiger partial charge < -0.3 is 15.0 Å². The number of nitrogens with zero attached hydrogens (tertiary/aromatic N) is 4. The first kappa shape index (κ1) is 16.8. The highest BCUT2D eigenvalue weighted by Crippen LogP contribution is 2.18. The van der Waals surface area contributed by atoms with Crippen LogP contribution >= 0.6 is 0 Å². The van der Waals surface area contributed by atoms with Gasteiger partial charge in [0.2, 0.25) is 0 Å². The molecule has 0 atom stereocenters. The fourth-order valence-electron chi connectivity index (χ4n) is 3.14. The highest BCUT2D eigenvalue weighted by Gasteiger charge is 2.15. The zero-order valence-corrected chi connectivity index (χ0v) is 14.7. The molecule has 4 rings (SSSR count). The molecule has 0 aliphatic carbocycles. The number of ether oxygens (including phenoxy) is 1. The summed E-state index contributed by atoms with van der Waals surface area (Å²) in [5.74, 6) is 1.06. The number of nitrogens with one attached hydrogen (secondary N) is 1. The molecular weight excluding hydrogens is 326 g/mol. The van der Waals surface area contributed by atoms with Gasteiger partial charge in [0.05, 0.1) is 25.1 Å². The Morgan fingerprint density at radius 1 is 1.00 bits per heavy atom. The van der Waals surface area contributed by atoms with Gasteiger partial charge in [-0.1, -0.05) is 24.3 Å². The molecule has 1 saturated heterocycles. The molecule has 26 heavy (non-hydrogen) atoms. The van der Waals surface area contributed by atoms with Crippen LogP contribution in [0.5, 0.6) is 0 Å². The summed E-state index contributed by atoms with van der Waals surface area (Å²) in [7, 11) is 0. The molecule has 6 nitrogen and oxygen atoms in total. The molecule has 6 heteroatoms. The van der Waals surface area contributed by atoms with E-state index in [0.717, 1.165) is 56.5 Å². The van der Waals surface area contributed by atoms with E-state index in [4.69, 9.17) is 4.74 Å². The number of aromatic nitrogens is 3. The van der Waals surface area contributed by atoms with Crippen molar-refractivity contribution in [2.45, 2.75) is 13.1 Å². The molecule has 1 fully saturated rings. The number of morpholine rings is 1. The van der Waals surface area contributed by atoms with Gasteiger partial charge in [-0.2, -0.15) is 5.10 Å². The summed E-state index contributed by atoms with van der Waals surface area (Å²) in [5, 5.41) is 7.96. The molecular formula is C20H23N5O. The smallest absolute Gasteiger partial charge is 0.133 e. The Morgan fingerprint density at radius 2 is 1.85 bits per heavy atom. The molecule has 1 aromatic carbocycles. The lowest BCUT2D eigenvalue weighted by molar-refractivity contribution is 0.122. The highest BCUT2D eigenvalue weighted by molar-refractivity contribution is 5.47. The van der Waals surface area contributed by atoms with Gasteiger partial charge in [0.25, 0.3) is 0 Å². The van der Waals surface area contributed by atoms with Gasteiger partial charge >= 0.3 is 0 Å². The number of para-hydroxylation sites is 1. The standard InChI is InChI=1S/C20H23N5O/c1-2-6-19(7-3-1)25-16-17(14-23-25)13-21-15-18-5-4-8-22-20(18)24-9-11-26-12-10-24/h1-8,14,16,21H,9-13,15H2. The number of pyridine rings is 1. The van der Waals surface area contributed by atoms with Crippen LogP contribution in [-0.4, -0.2) is 41.1 Å². The van der Waals surface area contributed by atoms with Crippen molar-refractivity contribution in [3.8, 4) is 5.69 Å². The van der Waals surface area contributed by atoms with Crippen LogP contribution in [0.25, 0.3) is 5.69 Å². The van der Waals surface area contributed by atoms with Crippen molar-refractivity contribution >= 4 is 5.82 Å². The Bertz CT molecular complexity index is 827. The fourth-order valence-corrected chi connectivity index (χ4v) is 3.14. The zero-order valence-electron chi connectivity index (χ0n) is 14.7. The van der Waals surface area contributed by atoms with Crippen LogP contribution in [-0.2, 0) is 17.8 Å². The Kier molecular flexibility index (Phi) is 5.23. The molecule has 0 saturated carbocycles. The largest absolute Gasteiger partial charge is 0.378 e. The molecule has 3 aromatic rings. The number of benzene rings is 1. The third kappa shape index (κ3) is 3.92. The zero-order chi connectivity index (χ0) is 17.6. The van der Waals surface area contributed by atoms with E-state index in [1.807, 2.05) is 41.3 Å². The third-order valence-corrected chi connectivity index (χ3v) is 4.48. The predicted molar refractivity (Wildman–Crippen MR) is 101 cm³/mol. The van der Waals surface area contributed by atoms with Gasteiger partial charge in [-0.15, -0.1) is 0 Å². The van der Waals surface area contributed by atoms with E-state index in [1.54, 1.807) is 0 Å². The second-order valence-electron chi connectivity index (χ2n) is 6.32. The van der Waals surface area contributed by atoms with Gasteiger partial charge in [-0.25, -0.2) is 9.67 Å². The molecule has 3 heterocycles. The maximum Gasteiger partial charge on any atom is 0.133 e. The number of hydrogen-bond donors (Lipinski definition) is 1. The molecule has 1 aliphatic heterocycles. The maximum atomic E-state index is 5.44. The van der Waals surface area contributed by atoms with Crippen LogP contribution < -0.4 is 10.2 Å². The van der Waals surface area contributed by atoms with Crippen LogP contribution in [0.4, 0.5) is 5.82 Å². The first-order valence-corrected chi connectivity index (χ1v) is 8.96. The molecule has 0 unspecified atom stereocenters. The Morgan fingerprint density at radius 3 is 2.69 bits per heavy atom. The number of anilines is 1. The number of hydrogen-bond acceptors (Lipinski definition) is 5. The average molecular weight is 349 g/mol. The topological polar surface area (TPSA) is 55.2 Å². The summed E-state index contributed by atoms with van der Waals surface area (Å²) in [6, 6.07) is 14.3. The van der Waals surface area contributed by atoms with Gasteiger partial charge in [0.1, 0.15) is 5.82 Å². The molecule has 0 radical (unpaired) electrons. The lowest BCUT2D eigenvalue weighted by Crippen LogP contribution is -2.37. The van der Waals surface area contributed by atoms with Gasteiger partial charge in [-0.05, 0) is 18.2 Å². The van der Waals surface area contributed by atoms with Crippen molar-refractivity contribution in [2.75, 3.05) is 31.2 Å². The maximum absolute atomic E-state index is 5.44. The van der Waals surface area contributed by atoms with Crippen molar-refractivity contribution in [2.24, 2.45) is 0 Å². The molecule has 134 valence electrons. The van der Waals surface area contributed by atoms with Crippen LogP contribution in [0.2, 0.25) is 0 Å². The lowest BCUT2D eigenvalue weighted by Gasteiger charge is -2.29.